The highest BCUT2D eigenvalue weighted by molar-refractivity contribution is 5.88. The van der Waals surface area contributed by atoms with Crippen LogP contribution in [0.1, 0.15) is 29.9 Å². The molecule has 0 heterocycles. The first-order valence-corrected chi connectivity index (χ1v) is 6.99. The van der Waals surface area contributed by atoms with Gasteiger partial charge in [0, 0.05) is 5.92 Å². The number of hydrogen-bond acceptors (Lipinski definition) is 0. The van der Waals surface area contributed by atoms with Gasteiger partial charge in [-0.1, -0.05) is 66.8 Å². The number of benzene rings is 1. The zero-order valence-corrected chi connectivity index (χ0v) is 10.8. The first-order valence-electron chi connectivity index (χ1n) is 6.99. The van der Waals surface area contributed by atoms with Crippen molar-refractivity contribution in [3.8, 4) is 0 Å². The maximum absolute atomic E-state index is 2.39. The van der Waals surface area contributed by atoms with Crippen LogP contribution in [0.25, 0.3) is 5.57 Å². The normalized spacial score (nSPS) is 29.5. The van der Waals surface area contributed by atoms with Crippen molar-refractivity contribution >= 4 is 5.57 Å². The van der Waals surface area contributed by atoms with Crippen molar-refractivity contribution in [3.63, 3.8) is 0 Å². The van der Waals surface area contributed by atoms with Gasteiger partial charge < -0.3 is 0 Å². The molecule has 0 aliphatic heterocycles. The largest absolute Gasteiger partial charge is 0.0873 e. The SMILES string of the molecule is C1=CC2C3=C(\C=C/C=C\C=C3\CC1)c1ccccc12. The minimum absolute atomic E-state index is 0.455. The standard InChI is InChI=1S/C19H16/c1-2-8-14-9-4-5-13-18-16-11-7-6-10-15(16)17(12-3-1)19(14)18/h1-3,5-8,10-13,18H,4,9H2/b2-1-,3-1?,8-2?,12-3-,14-8-,17-12?. The zero-order valence-electron chi connectivity index (χ0n) is 10.8. The lowest BCUT2D eigenvalue weighted by Crippen LogP contribution is -1.97. The molecule has 19 heavy (non-hydrogen) atoms. The summed E-state index contributed by atoms with van der Waals surface area (Å²) in [5.41, 5.74) is 7.31. The van der Waals surface area contributed by atoms with Crippen molar-refractivity contribution in [2.45, 2.75) is 18.8 Å². The molecule has 0 nitrogen and oxygen atoms in total. The molecule has 0 heteroatoms. The van der Waals surface area contributed by atoms with Crippen LogP contribution in [0, 0.1) is 0 Å². The van der Waals surface area contributed by atoms with Crippen LogP contribution in [0.15, 0.2) is 77.9 Å². The van der Waals surface area contributed by atoms with Crippen LogP contribution in [0.5, 0.6) is 0 Å². The second-order valence-electron chi connectivity index (χ2n) is 5.30. The maximum Gasteiger partial charge on any atom is 0.0284 e. The molecule has 0 spiro atoms. The molecular weight excluding hydrogens is 228 g/mol. The van der Waals surface area contributed by atoms with Crippen LogP contribution >= 0.6 is 0 Å². The van der Waals surface area contributed by atoms with Crippen LogP contribution in [-0.2, 0) is 0 Å². The molecule has 1 aromatic carbocycles. The summed E-state index contributed by atoms with van der Waals surface area (Å²) in [6.07, 6.45) is 18.1. The quantitative estimate of drug-likeness (QED) is 0.567. The maximum atomic E-state index is 2.39. The summed E-state index contributed by atoms with van der Waals surface area (Å²) in [7, 11) is 0. The molecule has 92 valence electrons. The van der Waals surface area contributed by atoms with Gasteiger partial charge in [0.2, 0.25) is 0 Å². The predicted octanol–water partition coefficient (Wildman–Crippen LogP) is 4.94. The van der Waals surface area contributed by atoms with E-state index in [0.29, 0.717) is 5.92 Å². The van der Waals surface area contributed by atoms with Gasteiger partial charge in [-0.15, -0.1) is 0 Å². The van der Waals surface area contributed by atoms with E-state index in [1.54, 1.807) is 0 Å². The lowest BCUT2D eigenvalue weighted by molar-refractivity contribution is 0.979. The molecule has 1 unspecified atom stereocenters. The van der Waals surface area contributed by atoms with Crippen LogP contribution in [0.4, 0.5) is 0 Å². The predicted molar refractivity (Wildman–Crippen MR) is 80.8 cm³/mol. The number of fused-ring (bicyclic) bond motifs is 3. The summed E-state index contributed by atoms with van der Waals surface area (Å²) >= 11 is 0. The van der Waals surface area contributed by atoms with E-state index < -0.39 is 0 Å². The summed E-state index contributed by atoms with van der Waals surface area (Å²) in [6.45, 7) is 0. The van der Waals surface area contributed by atoms with Gasteiger partial charge in [0.25, 0.3) is 0 Å². The molecular formula is C19H16. The molecule has 0 amide bonds. The summed E-state index contributed by atoms with van der Waals surface area (Å²) in [6, 6.07) is 8.84. The fourth-order valence-electron chi connectivity index (χ4n) is 3.40. The van der Waals surface area contributed by atoms with Gasteiger partial charge in [-0.3, -0.25) is 0 Å². The van der Waals surface area contributed by atoms with E-state index in [0.717, 1.165) is 12.8 Å². The Morgan fingerprint density at radius 1 is 1.00 bits per heavy atom. The molecule has 0 fully saturated rings. The second kappa shape index (κ2) is 4.24. The zero-order chi connectivity index (χ0) is 12.7. The van der Waals surface area contributed by atoms with E-state index >= 15 is 0 Å². The lowest BCUT2D eigenvalue weighted by Gasteiger charge is -2.14. The molecule has 0 radical (unpaired) electrons. The van der Waals surface area contributed by atoms with E-state index in [9.17, 15) is 0 Å². The third-order valence-corrected chi connectivity index (χ3v) is 4.22. The molecule has 0 saturated heterocycles. The smallest absolute Gasteiger partial charge is 0.0284 e. The fourth-order valence-corrected chi connectivity index (χ4v) is 3.40. The molecule has 0 N–H and O–H groups in total. The number of rotatable bonds is 0. The summed E-state index contributed by atoms with van der Waals surface area (Å²) in [5, 5.41) is 0. The minimum Gasteiger partial charge on any atom is -0.0873 e. The Balaban J connectivity index is 2.03. The second-order valence-corrected chi connectivity index (χ2v) is 5.30. The van der Waals surface area contributed by atoms with E-state index in [-0.39, 0.29) is 0 Å². The Bertz CT molecular complexity index is 678. The van der Waals surface area contributed by atoms with Gasteiger partial charge in [-0.05, 0) is 40.7 Å². The van der Waals surface area contributed by atoms with Gasteiger partial charge in [0.1, 0.15) is 0 Å². The topological polar surface area (TPSA) is 0 Å². The van der Waals surface area contributed by atoms with E-state index in [4.69, 9.17) is 0 Å². The average Bonchev–Trinajstić information content (AvgIpc) is 2.58. The van der Waals surface area contributed by atoms with Crippen molar-refractivity contribution in [1.82, 2.24) is 0 Å². The molecule has 3 aliphatic carbocycles. The average molecular weight is 244 g/mol. The molecule has 0 saturated carbocycles. The third kappa shape index (κ3) is 1.60. The molecule has 1 aromatic rings. The highest BCUT2D eigenvalue weighted by atomic mass is 14.3. The van der Waals surface area contributed by atoms with Gasteiger partial charge in [0.05, 0.1) is 0 Å². The minimum atomic E-state index is 0.455. The Morgan fingerprint density at radius 3 is 2.95 bits per heavy atom. The van der Waals surface area contributed by atoms with Gasteiger partial charge in [0.15, 0.2) is 0 Å². The molecule has 1 atom stereocenters. The third-order valence-electron chi connectivity index (χ3n) is 4.22. The van der Waals surface area contributed by atoms with Crippen LogP contribution < -0.4 is 0 Å². The number of allylic oxidation sites excluding steroid dienone is 10. The van der Waals surface area contributed by atoms with Gasteiger partial charge in [-0.25, -0.2) is 0 Å². The first-order chi connectivity index (χ1) is 9.45. The van der Waals surface area contributed by atoms with E-state index in [1.807, 2.05) is 0 Å². The molecule has 3 aliphatic rings. The highest BCUT2D eigenvalue weighted by Crippen LogP contribution is 2.48. The van der Waals surface area contributed by atoms with Crippen molar-refractivity contribution in [2.24, 2.45) is 0 Å². The van der Waals surface area contributed by atoms with Crippen LogP contribution in [0.3, 0.4) is 0 Å². The van der Waals surface area contributed by atoms with Gasteiger partial charge >= 0.3 is 0 Å². The first kappa shape index (κ1) is 10.8. The summed E-state index contributed by atoms with van der Waals surface area (Å²) in [4.78, 5) is 0. The summed E-state index contributed by atoms with van der Waals surface area (Å²) in [5.74, 6) is 0.455. The lowest BCUT2D eigenvalue weighted by atomic mass is 9.90. The van der Waals surface area contributed by atoms with Crippen molar-refractivity contribution in [3.05, 3.63) is 89.1 Å². The van der Waals surface area contributed by atoms with Gasteiger partial charge in [-0.2, -0.15) is 0 Å². The molecule has 0 aromatic heterocycles. The van der Waals surface area contributed by atoms with Crippen molar-refractivity contribution in [1.29, 1.82) is 0 Å². The van der Waals surface area contributed by atoms with E-state index in [2.05, 4.69) is 66.8 Å². The Labute approximate surface area is 114 Å². The molecule has 0 bridgehead atoms. The van der Waals surface area contributed by atoms with Crippen molar-refractivity contribution < 1.29 is 0 Å². The highest BCUT2D eigenvalue weighted by Gasteiger charge is 2.30. The Morgan fingerprint density at radius 2 is 1.95 bits per heavy atom. The number of hydrogen-bond donors (Lipinski definition) is 0. The van der Waals surface area contributed by atoms with Crippen molar-refractivity contribution in [2.75, 3.05) is 0 Å². The summed E-state index contributed by atoms with van der Waals surface area (Å²) < 4.78 is 0. The van der Waals surface area contributed by atoms with Crippen LogP contribution in [0.2, 0.25) is 0 Å². The monoisotopic (exact) mass is 244 g/mol. The Kier molecular flexibility index (Phi) is 2.41. The van der Waals surface area contributed by atoms with Crippen LogP contribution in [-0.4, -0.2) is 0 Å². The van der Waals surface area contributed by atoms with E-state index in [1.165, 1.54) is 27.8 Å². The Hall–Kier alpha value is -2.08. The molecule has 4 rings (SSSR count). The fraction of sp³-hybridized carbons (Fsp3) is 0.158.